The molecule has 0 bridgehead atoms. The molecule has 0 unspecified atom stereocenters. The van der Waals surface area contributed by atoms with Gasteiger partial charge in [-0.15, -0.1) is 11.8 Å². The summed E-state index contributed by atoms with van der Waals surface area (Å²) in [6.45, 7) is 4.26. The summed E-state index contributed by atoms with van der Waals surface area (Å²) in [5.74, 6) is 1.06. The lowest BCUT2D eigenvalue weighted by Gasteiger charge is -2.19. The van der Waals surface area contributed by atoms with Gasteiger partial charge in [-0.25, -0.2) is 4.99 Å². The Hall–Kier alpha value is -1.33. The molecule has 3 nitrogen and oxygen atoms in total. The van der Waals surface area contributed by atoms with Crippen molar-refractivity contribution in [3.63, 3.8) is 0 Å². The number of nitrogens with zero attached hydrogens (tertiary/aromatic N) is 3. The molecule has 0 aliphatic carbocycles. The minimum Gasteiger partial charge on any atom is -0.303 e. The van der Waals surface area contributed by atoms with E-state index < -0.39 is 0 Å². The second kappa shape index (κ2) is 10.8. The molecule has 0 radical (unpaired) electrons. The predicted octanol–water partition coefficient (Wildman–Crippen LogP) is 6.87. The van der Waals surface area contributed by atoms with Crippen molar-refractivity contribution < 1.29 is 0 Å². The van der Waals surface area contributed by atoms with Crippen LogP contribution in [-0.2, 0) is 0 Å². The van der Waals surface area contributed by atoms with E-state index in [4.69, 9.17) is 33.2 Å². The molecular formula is C24H27Cl2N3S. The summed E-state index contributed by atoms with van der Waals surface area (Å²) in [4.78, 5) is 12.5. The Morgan fingerprint density at radius 2 is 1.73 bits per heavy atom. The lowest BCUT2D eigenvalue weighted by molar-refractivity contribution is 0.287. The quantitative estimate of drug-likeness (QED) is 0.455. The van der Waals surface area contributed by atoms with Crippen LogP contribution < -0.4 is 0 Å². The number of halogens is 2. The molecule has 2 aliphatic heterocycles. The highest BCUT2D eigenvalue weighted by molar-refractivity contribution is 8.14. The first-order valence-corrected chi connectivity index (χ1v) is 12.5. The van der Waals surface area contributed by atoms with Crippen molar-refractivity contribution in [2.45, 2.75) is 32.1 Å². The molecule has 1 saturated heterocycles. The zero-order valence-electron chi connectivity index (χ0n) is 17.1. The van der Waals surface area contributed by atoms with Crippen LogP contribution in [0, 0.1) is 0 Å². The van der Waals surface area contributed by atoms with Gasteiger partial charge in [0.25, 0.3) is 0 Å². The molecule has 1 fully saturated rings. The van der Waals surface area contributed by atoms with Gasteiger partial charge in [0.15, 0.2) is 0 Å². The molecule has 0 atom stereocenters. The van der Waals surface area contributed by atoms with Gasteiger partial charge in [-0.3, -0.25) is 4.99 Å². The fraction of sp³-hybridized carbons (Fsp3) is 0.417. The summed E-state index contributed by atoms with van der Waals surface area (Å²) in [6, 6.07) is 13.6. The van der Waals surface area contributed by atoms with E-state index in [9.17, 15) is 0 Å². The van der Waals surface area contributed by atoms with E-state index in [1.165, 1.54) is 51.7 Å². The fourth-order valence-corrected chi connectivity index (χ4v) is 5.22. The van der Waals surface area contributed by atoms with Crippen LogP contribution >= 0.6 is 35.0 Å². The van der Waals surface area contributed by atoms with Crippen LogP contribution in [0.5, 0.6) is 0 Å². The van der Waals surface area contributed by atoms with Gasteiger partial charge in [-0.1, -0.05) is 54.2 Å². The van der Waals surface area contributed by atoms with Crippen LogP contribution in [0.3, 0.4) is 0 Å². The Balaban J connectivity index is 1.47. The number of hydrogen-bond donors (Lipinski definition) is 0. The largest absolute Gasteiger partial charge is 0.303 e. The van der Waals surface area contributed by atoms with Crippen molar-refractivity contribution in [3.05, 3.63) is 63.6 Å². The van der Waals surface area contributed by atoms with Gasteiger partial charge in [-0.2, -0.15) is 0 Å². The van der Waals surface area contributed by atoms with E-state index in [0.29, 0.717) is 16.6 Å². The smallest absolute Gasteiger partial charge is 0.0954 e. The van der Waals surface area contributed by atoms with E-state index in [2.05, 4.69) is 4.90 Å². The van der Waals surface area contributed by atoms with Crippen molar-refractivity contribution >= 4 is 51.4 Å². The van der Waals surface area contributed by atoms with Gasteiger partial charge in [0, 0.05) is 26.9 Å². The van der Waals surface area contributed by atoms with E-state index in [1.54, 1.807) is 0 Å². The Bertz CT molecular complexity index is 934. The van der Waals surface area contributed by atoms with Crippen LogP contribution in [0.1, 0.15) is 43.2 Å². The number of thioether (sulfide) groups is 1. The fourth-order valence-electron chi connectivity index (χ4n) is 4.00. The molecule has 158 valence electrons. The molecule has 0 amide bonds. The molecule has 4 rings (SSSR count). The van der Waals surface area contributed by atoms with E-state index in [1.807, 2.05) is 54.2 Å². The molecule has 2 heterocycles. The van der Waals surface area contributed by atoms with Crippen LogP contribution in [0.15, 0.2) is 52.4 Å². The zero-order chi connectivity index (χ0) is 20.8. The number of benzene rings is 2. The summed E-state index contributed by atoms with van der Waals surface area (Å²) in [6.07, 6.45) is 6.64. The van der Waals surface area contributed by atoms with Crippen molar-refractivity contribution in [1.82, 2.24) is 4.90 Å². The van der Waals surface area contributed by atoms with Gasteiger partial charge < -0.3 is 4.90 Å². The highest BCUT2D eigenvalue weighted by Gasteiger charge is 2.19. The van der Waals surface area contributed by atoms with Crippen molar-refractivity contribution in [2.24, 2.45) is 9.98 Å². The summed E-state index contributed by atoms with van der Waals surface area (Å²) < 4.78 is 0. The third-order valence-corrected chi connectivity index (χ3v) is 7.16. The van der Waals surface area contributed by atoms with E-state index in [0.717, 1.165) is 33.3 Å². The molecule has 0 spiro atoms. The highest BCUT2D eigenvalue weighted by Crippen LogP contribution is 2.31. The molecule has 2 aliphatic rings. The first-order chi connectivity index (χ1) is 14.7. The molecule has 30 heavy (non-hydrogen) atoms. The Morgan fingerprint density at radius 3 is 2.53 bits per heavy atom. The molecule has 2 aromatic rings. The molecule has 0 N–H and O–H groups in total. The highest BCUT2D eigenvalue weighted by atomic mass is 35.5. The molecule has 0 saturated carbocycles. The monoisotopic (exact) mass is 459 g/mol. The first kappa shape index (κ1) is 21.9. The van der Waals surface area contributed by atoms with Crippen molar-refractivity contribution in [2.75, 3.05) is 31.9 Å². The molecule has 6 heteroatoms. The lowest BCUT2D eigenvalue weighted by Crippen LogP contribution is -2.26. The van der Waals surface area contributed by atoms with Crippen molar-refractivity contribution in [1.29, 1.82) is 0 Å². The summed E-state index contributed by atoms with van der Waals surface area (Å²) >= 11 is 14.6. The zero-order valence-corrected chi connectivity index (χ0v) is 19.4. The standard InChI is InChI=1S/C24H27Cl2N3S/c25-18-10-11-22-20(16-18)24(19-8-3-4-9-21(19)26)27-17-23(28-22)30-15-7-14-29-12-5-1-2-6-13-29/h3-4,8-11,16H,1-2,5-7,12-15,17H2. The summed E-state index contributed by atoms with van der Waals surface area (Å²) in [7, 11) is 0. The molecule has 0 aromatic heterocycles. The molecular weight excluding hydrogens is 433 g/mol. The van der Waals surface area contributed by atoms with Gasteiger partial charge in [0.05, 0.1) is 23.0 Å². The van der Waals surface area contributed by atoms with Gasteiger partial charge in [0.2, 0.25) is 0 Å². The van der Waals surface area contributed by atoms with E-state index >= 15 is 0 Å². The minimum atomic E-state index is 0.571. The second-order valence-electron chi connectivity index (χ2n) is 7.77. The second-order valence-corrected chi connectivity index (χ2v) is 9.78. The summed E-state index contributed by atoms with van der Waals surface area (Å²) in [5, 5.41) is 2.42. The first-order valence-electron chi connectivity index (χ1n) is 10.7. The summed E-state index contributed by atoms with van der Waals surface area (Å²) in [5.41, 5.74) is 3.63. The number of hydrogen-bond acceptors (Lipinski definition) is 4. The van der Waals surface area contributed by atoms with Gasteiger partial charge in [0.1, 0.15) is 0 Å². The minimum absolute atomic E-state index is 0.571. The Kier molecular flexibility index (Phi) is 7.89. The average molecular weight is 460 g/mol. The van der Waals surface area contributed by atoms with Gasteiger partial charge >= 0.3 is 0 Å². The maximum Gasteiger partial charge on any atom is 0.0954 e. The maximum absolute atomic E-state index is 6.48. The normalized spacial score (nSPS) is 17.5. The third-order valence-electron chi connectivity index (χ3n) is 5.55. The lowest BCUT2D eigenvalue weighted by atomic mass is 10.0. The van der Waals surface area contributed by atoms with Crippen LogP contribution in [-0.4, -0.2) is 47.6 Å². The Labute approximate surface area is 193 Å². The maximum atomic E-state index is 6.48. The van der Waals surface area contributed by atoms with E-state index in [-0.39, 0.29) is 0 Å². The topological polar surface area (TPSA) is 28.0 Å². The Morgan fingerprint density at radius 1 is 0.933 bits per heavy atom. The number of fused-ring (bicyclic) bond motifs is 1. The number of rotatable bonds is 5. The van der Waals surface area contributed by atoms with Gasteiger partial charge in [-0.05, 0) is 63.2 Å². The predicted molar refractivity (Wildman–Crippen MR) is 132 cm³/mol. The SMILES string of the molecule is Clc1ccc2c(c1)C(c1ccccc1Cl)=NCC(SCCCN1CCCCCC1)=N2. The number of likely N-dealkylation sites (tertiary alicyclic amines) is 1. The average Bonchev–Trinajstić information content (AvgIpc) is 3.11. The van der Waals surface area contributed by atoms with Crippen LogP contribution in [0.2, 0.25) is 10.0 Å². The van der Waals surface area contributed by atoms with Crippen molar-refractivity contribution in [3.8, 4) is 0 Å². The third kappa shape index (κ3) is 5.67. The van der Waals surface area contributed by atoms with Crippen LogP contribution in [0.4, 0.5) is 5.69 Å². The van der Waals surface area contributed by atoms with Crippen LogP contribution in [0.25, 0.3) is 0 Å². The molecule has 2 aromatic carbocycles. The number of aliphatic imine (C=N–C) groups is 2.